The largest absolute Gasteiger partial charge is 0.493 e. The number of nitrogens with zero attached hydrogens (tertiary/aromatic N) is 1. The number of hydrogen-bond acceptors (Lipinski definition) is 7. The van der Waals surface area contributed by atoms with Gasteiger partial charge in [0.1, 0.15) is 4.88 Å². The van der Waals surface area contributed by atoms with Crippen LogP contribution in [0.15, 0.2) is 24.3 Å². The summed E-state index contributed by atoms with van der Waals surface area (Å²) in [7, 11) is 1.42. The molecule has 0 aliphatic heterocycles. The highest BCUT2D eigenvalue weighted by atomic mass is 32.1. The van der Waals surface area contributed by atoms with E-state index in [-0.39, 0.29) is 17.5 Å². The normalized spacial score (nSPS) is 11.0. The maximum absolute atomic E-state index is 13.0. The third-order valence-corrected chi connectivity index (χ3v) is 3.98. The van der Waals surface area contributed by atoms with Gasteiger partial charge in [-0.1, -0.05) is 23.5 Å². The van der Waals surface area contributed by atoms with Gasteiger partial charge in [-0.2, -0.15) is 13.2 Å². The van der Waals surface area contributed by atoms with Crippen molar-refractivity contribution in [1.29, 1.82) is 0 Å². The fraction of sp³-hybridized carbons (Fsp3) is 0.312. The maximum atomic E-state index is 13.0. The molecule has 0 saturated carbocycles. The first kappa shape index (κ1) is 20.5. The number of alkyl halides is 3. The Balaban J connectivity index is 2.10. The Bertz CT molecular complexity index is 823. The Morgan fingerprint density at radius 1 is 1.22 bits per heavy atom. The van der Waals surface area contributed by atoms with Gasteiger partial charge in [-0.25, -0.2) is 9.78 Å². The van der Waals surface area contributed by atoms with Gasteiger partial charge < -0.3 is 14.2 Å². The second-order valence-corrected chi connectivity index (χ2v) is 5.90. The molecule has 0 aliphatic rings. The Morgan fingerprint density at radius 2 is 1.89 bits per heavy atom. The molecule has 0 radical (unpaired) electrons. The number of esters is 1. The number of methoxy groups -OCH3 is 1. The summed E-state index contributed by atoms with van der Waals surface area (Å²) in [5.74, 6) is -1.23. The number of nitrogens with one attached hydrogen (secondary N) is 1. The van der Waals surface area contributed by atoms with Crippen molar-refractivity contribution >= 4 is 28.3 Å². The summed E-state index contributed by atoms with van der Waals surface area (Å²) < 4.78 is 54.0. The maximum Gasteiger partial charge on any atom is 0.435 e. The molecule has 146 valence electrons. The molecule has 7 nitrogen and oxygen atoms in total. The van der Waals surface area contributed by atoms with Crippen LogP contribution in [0.1, 0.15) is 22.3 Å². The van der Waals surface area contributed by atoms with Gasteiger partial charge in [-0.05, 0) is 19.1 Å². The van der Waals surface area contributed by atoms with Gasteiger partial charge in [0, 0.05) is 0 Å². The van der Waals surface area contributed by atoms with Crippen molar-refractivity contribution in [3.63, 3.8) is 0 Å². The third kappa shape index (κ3) is 5.33. The second kappa shape index (κ2) is 8.71. The molecule has 2 aromatic rings. The topological polar surface area (TPSA) is 86.8 Å². The molecular weight excluding hydrogens is 389 g/mol. The lowest BCUT2D eigenvalue weighted by atomic mass is 10.3. The van der Waals surface area contributed by atoms with Crippen LogP contribution in [0.3, 0.4) is 0 Å². The molecule has 11 heteroatoms. The van der Waals surface area contributed by atoms with Crippen LogP contribution in [0.5, 0.6) is 11.5 Å². The van der Waals surface area contributed by atoms with Gasteiger partial charge in [0.05, 0.1) is 13.7 Å². The van der Waals surface area contributed by atoms with Crippen molar-refractivity contribution in [2.24, 2.45) is 0 Å². The van der Waals surface area contributed by atoms with Gasteiger partial charge in [-0.15, -0.1) is 0 Å². The number of halogens is 3. The van der Waals surface area contributed by atoms with Gasteiger partial charge in [0.25, 0.3) is 5.91 Å². The summed E-state index contributed by atoms with van der Waals surface area (Å²) in [6.07, 6.45) is -4.87. The van der Waals surface area contributed by atoms with E-state index in [0.29, 0.717) is 17.1 Å². The molecule has 0 unspecified atom stereocenters. The van der Waals surface area contributed by atoms with E-state index in [1.54, 1.807) is 24.3 Å². The molecule has 0 aliphatic carbocycles. The first-order valence-electron chi connectivity index (χ1n) is 7.57. The van der Waals surface area contributed by atoms with E-state index in [1.807, 2.05) is 0 Å². The minimum absolute atomic E-state index is 0.0948. The minimum Gasteiger partial charge on any atom is -0.493 e. The minimum atomic E-state index is -4.87. The Hall–Kier alpha value is -2.82. The molecule has 1 heterocycles. The van der Waals surface area contributed by atoms with Gasteiger partial charge in [0.2, 0.25) is 0 Å². The van der Waals surface area contributed by atoms with E-state index in [1.165, 1.54) is 14.0 Å². The summed E-state index contributed by atoms with van der Waals surface area (Å²) in [5, 5.41) is 1.78. The van der Waals surface area contributed by atoms with Crippen LogP contribution < -0.4 is 14.8 Å². The molecule has 0 atom stereocenters. The molecule has 1 aromatic heterocycles. The van der Waals surface area contributed by atoms with Crippen molar-refractivity contribution in [3.05, 3.63) is 34.8 Å². The van der Waals surface area contributed by atoms with Crippen LogP contribution in [0, 0.1) is 0 Å². The lowest BCUT2D eigenvalue weighted by Crippen LogP contribution is -2.20. The molecule has 1 N–H and O–H groups in total. The van der Waals surface area contributed by atoms with Gasteiger partial charge >= 0.3 is 12.1 Å². The number of anilines is 1. The summed E-state index contributed by atoms with van der Waals surface area (Å²) in [6.45, 7) is 0.878. The van der Waals surface area contributed by atoms with Crippen LogP contribution in [-0.2, 0) is 15.7 Å². The standard InChI is InChI=1S/C16H15F3N2O5S/c1-3-25-14(23)12-13(16(17,18)19)21-15(27-12)20-11(22)8-26-10-7-5-4-6-9(10)24-2/h4-7H,3,8H2,1-2H3,(H,20,21,22). The van der Waals surface area contributed by atoms with E-state index >= 15 is 0 Å². The van der Waals surface area contributed by atoms with E-state index in [9.17, 15) is 22.8 Å². The Labute approximate surface area is 156 Å². The quantitative estimate of drug-likeness (QED) is 0.712. The molecular formula is C16H15F3N2O5S. The number of benzene rings is 1. The predicted octanol–water partition coefficient (Wildman–Crippen LogP) is 3.36. The lowest BCUT2D eigenvalue weighted by Gasteiger charge is -2.09. The molecule has 0 bridgehead atoms. The summed E-state index contributed by atoms with van der Waals surface area (Å²) in [6, 6.07) is 6.56. The Kier molecular flexibility index (Phi) is 6.61. The van der Waals surface area contributed by atoms with Crippen LogP contribution in [0.2, 0.25) is 0 Å². The van der Waals surface area contributed by atoms with Crippen LogP contribution in [0.25, 0.3) is 0 Å². The van der Waals surface area contributed by atoms with Crippen molar-refractivity contribution in [3.8, 4) is 11.5 Å². The smallest absolute Gasteiger partial charge is 0.435 e. The first-order chi connectivity index (χ1) is 12.8. The summed E-state index contributed by atoms with van der Waals surface area (Å²) in [5.41, 5.74) is -1.41. The molecule has 27 heavy (non-hydrogen) atoms. The van der Waals surface area contributed by atoms with Crippen molar-refractivity contribution in [2.75, 3.05) is 25.6 Å². The first-order valence-corrected chi connectivity index (χ1v) is 8.38. The van der Waals surface area contributed by atoms with E-state index in [4.69, 9.17) is 9.47 Å². The average molecular weight is 404 g/mol. The zero-order valence-electron chi connectivity index (χ0n) is 14.3. The highest BCUT2D eigenvalue weighted by molar-refractivity contribution is 7.17. The average Bonchev–Trinajstić information content (AvgIpc) is 3.04. The number of thiazole rings is 1. The predicted molar refractivity (Wildman–Crippen MR) is 90.2 cm³/mol. The SMILES string of the molecule is CCOC(=O)c1sc(NC(=O)COc2ccccc2OC)nc1C(F)(F)F. The number of para-hydroxylation sites is 2. The molecule has 1 amide bonds. The van der Waals surface area contributed by atoms with Crippen LogP contribution >= 0.6 is 11.3 Å². The molecule has 0 spiro atoms. The fourth-order valence-electron chi connectivity index (χ4n) is 1.94. The number of carbonyl (C=O) groups excluding carboxylic acids is 2. The van der Waals surface area contributed by atoms with Gasteiger partial charge in [-0.3, -0.25) is 10.1 Å². The number of carbonyl (C=O) groups is 2. The zero-order valence-corrected chi connectivity index (χ0v) is 15.1. The highest BCUT2D eigenvalue weighted by Crippen LogP contribution is 2.36. The van der Waals surface area contributed by atoms with Crippen molar-refractivity contribution in [1.82, 2.24) is 4.98 Å². The van der Waals surface area contributed by atoms with Crippen molar-refractivity contribution < 1.29 is 37.0 Å². The van der Waals surface area contributed by atoms with E-state index in [0.717, 1.165) is 0 Å². The summed E-state index contributed by atoms with van der Waals surface area (Å²) in [4.78, 5) is 26.2. The molecule has 0 fully saturated rings. The lowest BCUT2D eigenvalue weighted by molar-refractivity contribution is -0.141. The number of rotatable bonds is 7. The molecule has 2 rings (SSSR count). The number of ether oxygens (including phenoxy) is 3. The van der Waals surface area contributed by atoms with E-state index in [2.05, 4.69) is 15.0 Å². The monoisotopic (exact) mass is 404 g/mol. The van der Waals surface area contributed by atoms with Gasteiger partial charge in [0.15, 0.2) is 28.9 Å². The Morgan fingerprint density at radius 3 is 2.48 bits per heavy atom. The van der Waals surface area contributed by atoms with Crippen molar-refractivity contribution in [2.45, 2.75) is 13.1 Å². The number of hydrogen-bond donors (Lipinski definition) is 1. The summed E-state index contributed by atoms with van der Waals surface area (Å²) >= 11 is 0.374. The molecule has 1 aromatic carbocycles. The van der Waals surface area contributed by atoms with Crippen LogP contribution in [-0.4, -0.2) is 37.2 Å². The third-order valence-electron chi connectivity index (χ3n) is 3.03. The highest BCUT2D eigenvalue weighted by Gasteiger charge is 2.40. The van der Waals surface area contributed by atoms with E-state index < -0.39 is 35.2 Å². The number of amides is 1. The fourth-order valence-corrected chi connectivity index (χ4v) is 2.83. The zero-order chi connectivity index (χ0) is 20.0. The van der Waals surface area contributed by atoms with Crippen LogP contribution in [0.4, 0.5) is 18.3 Å². The second-order valence-electron chi connectivity index (χ2n) is 4.90. The number of aromatic nitrogens is 1. The molecule has 0 saturated heterocycles.